The van der Waals surface area contributed by atoms with Gasteiger partial charge < -0.3 is 0 Å². The van der Waals surface area contributed by atoms with E-state index < -0.39 is 5.91 Å². The van der Waals surface area contributed by atoms with Gasteiger partial charge in [0.2, 0.25) is 5.95 Å². The number of thiophene rings is 1. The fourth-order valence-electron chi connectivity index (χ4n) is 4.03. The standard InChI is InChI=1S/C22H20N6O2S/c1-13-6-5-9-16-17(13)18-20(31-16)25-22(27-26-19(29)15-12-23-10-11-24-15)28(21(18)30)14-7-3-2-4-8-14/h2-4,7-8,10-13H,5-6,9H2,1H3,(H,25,27)(H,26,29). The molecule has 0 radical (unpaired) electrons. The molecule has 1 atom stereocenters. The van der Waals surface area contributed by atoms with Crippen LogP contribution in [-0.2, 0) is 6.42 Å². The average molecular weight is 433 g/mol. The highest BCUT2D eigenvalue weighted by atomic mass is 32.1. The zero-order valence-corrected chi connectivity index (χ0v) is 17.6. The molecule has 8 nitrogen and oxygen atoms in total. The summed E-state index contributed by atoms with van der Waals surface area (Å²) in [6.45, 7) is 2.17. The molecule has 1 unspecified atom stereocenters. The van der Waals surface area contributed by atoms with Gasteiger partial charge in [-0.2, -0.15) is 0 Å². The number of anilines is 1. The Morgan fingerprint density at radius 1 is 1.23 bits per heavy atom. The third kappa shape index (κ3) is 3.46. The van der Waals surface area contributed by atoms with Gasteiger partial charge in [-0.15, -0.1) is 11.3 Å². The third-order valence-corrected chi connectivity index (χ3v) is 6.63. The highest BCUT2D eigenvalue weighted by Crippen LogP contribution is 2.40. The monoisotopic (exact) mass is 432 g/mol. The second kappa shape index (κ2) is 7.92. The lowest BCUT2D eigenvalue weighted by Gasteiger charge is -2.19. The molecule has 9 heteroatoms. The van der Waals surface area contributed by atoms with Crippen LogP contribution in [0.5, 0.6) is 0 Å². The van der Waals surface area contributed by atoms with E-state index in [4.69, 9.17) is 4.98 Å². The van der Waals surface area contributed by atoms with Gasteiger partial charge in [-0.05, 0) is 42.9 Å². The molecule has 1 aliphatic rings. The molecule has 0 bridgehead atoms. The van der Waals surface area contributed by atoms with Crippen LogP contribution >= 0.6 is 11.3 Å². The first-order chi connectivity index (χ1) is 15.1. The minimum absolute atomic E-state index is 0.140. The Morgan fingerprint density at radius 2 is 2.06 bits per heavy atom. The van der Waals surface area contributed by atoms with Crippen molar-refractivity contribution in [1.29, 1.82) is 0 Å². The Kier molecular flexibility index (Phi) is 4.95. The van der Waals surface area contributed by atoms with E-state index in [2.05, 4.69) is 27.7 Å². The van der Waals surface area contributed by atoms with Gasteiger partial charge >= 0.3 is 0 Å². The number of hydrogen-bond donors (Lipinski definition) is 2. The highest BCUT2D eigenvalue weighted by molar-refractivity contribution is 7.18. The number of aromatic nitrogens is 4. The number of fused-ring (bicyclic) bond motifs is 3. The summed E-state index contributed by atoms with van der Waals surface area (Å²) in [5.41, 5.74) is 7.22. The third-order valence-electron chi connectivity index (χ3n) is 5.47. The van der Waals surface area contributed by atoms with Gasteiger partial charge in [-0.25, -0.2) is 14.5 Å². The molecule has 3 heterocycles. The first kappa shape index (κ1) is 19.4. The van der Waals surface area contributed by atoms with Gasteiger partial charge in [-0.3, -0.25) is 25.4 Å². The molecule has 3 aromatic heterocycles. The smallest absolute Gasteiger partial charge is 0.268 e. The minimum atomic E-state index is -0.471. The molecule has 31 heavy (non-hydrogen) atoms. The number of rotatable bonds is 4. The summed E-state index contributed by atoms with van der Waals surface area (Å²) in [5, 5.41) is 0.682. The van der Waals surface area contributed by atoms with Crippen LogP contribution in [0.1, 0.15) is 46.6 Å². The Labute approximate surface area is 182 Å². The maximum absolute atomic E-state index is 13.7. The van der Waals surface area contributed by atoms with E-state index in [0.29, 0.717) is 21.8 Å². The number of amides is 1. The van der Waals surface area contributed by atoms with Crippen LogP contribution in [0.2, 0.25) is 0 Å². The number of para-hydroxylation sites is 1. The summed E-state index contributed by atoms with van der Waals surface area (Å²) >= 11 is 1.57. The van der Waals surface area contributed by atoms with Crippen LogP contribution in [0.3, 0.4) is 0 Å². The van der Waals surface area contributed by atoms with Crippen molar-refractivity contribution in [3.63, 3.8) is 0 Å². The molecule has 1 aliphatic carbocycles. The molecule has 2 N–H and O–H groups in total. The van der Waals surface area contributed by atoms with Crippen LogP contribution in [0.4, 0.5) is 5.95 Å². The quantitative estimate of drug-likeness (QED) is 0.479. The molecule has 1 amide bonds. The fraction of sp³-hybridized carbons (Fsp3) is 0.227. The maximum atomic E-state index is 13.7. The summed E-state index contributed by atoms with van der Waals surface area (Å²) in [6.07, 6.45) is 7.46. The zero-order chi connectivity index (χ0) is 21.4. The van der Waals surface area contributed by atoms with Crippen LogP contribution in [0.15, 0.2) is 53.7 Å². The van der Waals surface area contributed by atoms with E-state index in [-0.39, 0.29) is 17.2 Å². The van der Waals surface area contributed by atoms with E-state index >= 15 is 0 Å². The van der Waals surface area contributed by atoms with E-state index in [1.807, 2.05) is 30.3 Å². The molecule has 5 rings (SSSR count). The molecule has 4 aromatic rings. The first-order valence-corrected chi connectivity index (χ1v) is 10.9. The minimum Gasteiger partial charge on any atom is -0.268 e. The van der Waals surface area contributed by atoms with E-state index in [1.54, 1.807) is 11.3 Å². The highest BCUT2D eigenvalue weighted by Gasteiger charge is 2.26. The second-order valence-electron chi connectivity index (χ2n) is 7.49. The lowest BCUT2D eigenvalue weighted by molar-refractivity contribution is 0.0957. The summed E-state index contributed by atoms with van der Waals surface area (Å²) < 4.78 is 1.51. The Balaban J connectivity index is 1.63. The number of hydrogen-bond acceptors (Lipinski definition) is 7. The van der Waals surface area contributed by atoms with Gasteiger partial charge in [0.15, 0.2) is 0 Å². The Bertz CT molecular complexity index is 1320. The van der Waals surface area contributed by atoms with Gasteiger partial charge in [-0.1, -0.05) is 25.1 Å². The summed E-state index contributed by atoms with van der Waals surface area (Å²) in [7, 11) is 0. The van der Waals surface area contributed by atoms with Gasteiger partial charge in [0.25, 0.3) is 11.5 Å². The molecule has 0 fully saturated rings. The molecule has 1 aromatic carbocycles. The van der Waals surface area contributed by atoms with Crippen molar-refractivity contribution in [2.45, 2.75) is 32.1 Å². The number of aryl methyl sites for hydroxylation is 1. The molecule has 0 aliphatic heterocycles. The van der Waals surface area contributed by atoms with Crippen molar-refractivity contribution in [3.05, 3.63) is 75.4 Å². The lowest BCUT2D eigenvalue weighted by Crippen LogP contribution is -2.34. The predicted octanol–water partition coefficient (Wildman–Crippen LogP) is 3.43. The number of carbonyl (C=O) groups is 1. The zero-order valence-electron chi connectivity index (χ0n) is 16.8. The Hall–Kier alpha value is -3.59. The largest absolute Gasteiger partial charge is 0.289 e. The SMILES string of the molecule is CC1CCCc2sc3nc(NNC(=O)c4cnccn4)n(-c4ccccc4)c(=O)c3c21. The van der Waals surface area contributed by atoms with E-state index in [9.17, 15) is 9.59 Å². The molecule has 0 saturated heterocycles. The van der Waals surface area contributed by atoms with Crippen LogP contribution in [0, 0.1) is 0 Å². The fourth-order valence-corrected chi connectivity index (χ4v) is 5.35. The van der Waals surface area contributed by atoms with Crippen molar-refractivity contribution in [2.24, 2.45) is 0 Å². The van der Waals surface area contributed by atoms with Crippen molar-refractivity contribution in [3.8, 4) is 5.69 Å². The molecular weight excluding hydrogens is 412 g/mol. The van der Waals surface area contributed by atoms with Gasteiger partial charge in [0.1, 0.15) is 10.5 Å². The number of nitrogens with one attached hydrogen (secondary N) is 2. The van der Waals surface area contributed by atoms with E-state index in [0.717, 1.165) is 24.8 Å². The lowest BCUT2D eigenvalue weighted by atomic mass is 9.88. The van der Waals surface area contributed by atoms with Crippen LogP contribution in [-0.4, -0.2) is 25.4 Å². The van der Waals surface area contributed by atoms with Gasteiger partial charge in [0.05, 0.1) is 17.3 Å². The first-order valence-electron chi connectivity index (χ1n) is 10.1. The summed E-state index contributed by atoms with van der Waals surface area (Å²) in [6, 6.07) is 9.29. The molecule has 156 valence electrons. The predicted molar refractivity (Wildman–Crippen MR) is 120 cm³/mol. The maximum Gasteiger partial charge on any atom is 0.289 e. The normalized spacial score (nSPS) is 15.5. The number of hydrazine groups is 1. The number of benzene rings is 1. The van der Waals surface area contributed by atoms with Gasteiger partial charge in [0, 0.05) is 17.3 Å². The summed E-state index contributed by atoms with van der Waals surface area (Å²) in [4.78, 5) is 40.7. The van der Waals surface area contributed by atoms with Crippen molar-refractivity contribution in [2.75, 3.05) is 5.43 Å². The molecule has 0 spiro atoms. The van der Waals surface area contributed by atoms with Crippen molar-refractivity contribution in [1.82, 2.24) is 24.9 Å². The number of carbonyl (C=O) groups excluding carboxylic acids is 1. The summed E-state index contributed by atoms with van der Waals surface area (Å²) in [5.74, 6) is 0.0970. The van der Waals surface area contributed by atoms with Crippen LogP contribution in [0.25, 0.3) is 15.9 Å². The second-order valence-corrected chi connectivity index (χ2v) is 8.58. The van der Waals surface area contributed by atoms with Crippen molar-refractivity contribution < 1.29 is 4.79 Å². The Morgan fingerprint density at radius 3 is 2.84 bits per heavy atom. The molecule has 0 saturated carbocycles. The molecular formula is C22H20N6O2S. The van der Waals surface area contributed by atoms with E-state index in [1.165, 1.54) is 28.0 Å². The van der Waals surface area contributed by atoms with Crippen molar-refractivity contribution >= 4 is 33.4 Å². The number of nitrogens with zero attached hydrogens (tertiary/aromatic N) is 4. The van der Waals surface area contributed by atoms with Crippen LogP contribution < -0.4 is 16.4 Å². The topological polar surface area (TPSA) is 102 Å². The average Bonchev–Trinajstić information content (AvgIpc) is 3.18.